The van der Waals surface area contributed by atoms with Crippen LogP contribution in [0.15, 0.2) is 59.8 Å². The van der Waals surface area contributed by atoms with E-state index >= 15 is 0 Å². The fourth-order valence-corrected chi connectivity index (χ4v) is 1.45. The number of hydrogen-bond acceptors (Lipinski definition) is 4. The number of oxime groups is 1. The van der Waals surface area contributed by atoms with Gasteiger partial charge in [-0.25, -0.2) is 4.79 Å². The monoisotopic (exact) mass is 255 g/mol. The predicted octanol–water partition coefficient (Wildman–Crippen LogP) is 2.89. The SMILES string of the molecule is COc1ccc(/C=N/OC(=O)c2ccccc2)cc1. The molecular formula is C15H13NO3. The van der Waals surface area contributed by atoms with Gasteiger partial charge in [0.05, 0.1) is 18.9 Å². The summed E-state index contributed by atoms with van der Waals surface area (Å²) in [5, 5.41) is 3.66. The molecule has 0 unspecified atom stereocenters. The topological polar surface area (TPSA) is 47.9 Å². The molecular weight excluding hydrogens is 242 g/mol. The van der Waals surface area contributed by atoms with Crippen molar-refractivity contribution < 1.29 is 14.4 Å². The Hall–Kier alpha value is -2.62. The normalized spacial score (nSPS) is 10.4. The Kier molecular flexibility index (Phi) is 4.29. The van der Waals surface area contributed by atoms with E-state index in [0.29, 0.717) is 5.56 Å². The summed E-state index contributed by atoms with van der Waals surface area (Å²) in [6, 6.07) is 16.0. The fourth-order valence-electron chi connectivity index (χ4n) is 1.45. The lowest BCUT2D eigenvalue weighted by Crippen LogP contribution is -2.00. The molecule has 2 aromatic rings. The highest BCUT2D eigenvalue weighted by Gasteiger charge is 2.04. The van der Waals surface area contributed by atoms with E-state index in [1.807, 2.05) is 18.2 Å². The van der Waals surface area contributed by atoms with Crippen molar-refractivity contribution in [1.29, 1.82) is 0 Å². The van der Waals surface area contributed by atoms with Crippen LogP contribution in [-0.4, -0.2) is 19.3 Å². The molecule has 4 nitrogen and oxygen atoms in total. The van der Waals surface area contributed by atoms with Gasteiger partial charge in [-0.1, -0.05) is 23.4 Å². The second-order valence-corrected chi connectivity index (χ2v) is 3.75. The van der Waals surface area contributed by atoms with E-state index in [2.05, 4.69) is 5.16 Å². The molecule has 0 saturated carbocycles. The second kappa shape index (κ2) is 6.35. The van der Waals surface area contributed by atoms with Crippen molar-refractivity contribution in [2.75, 3.05) is 7.11 Å². The molecule has 0 spiro atoms. The molecule has 96 valence electrons. The highest BCUT2D eigenvalue weighted by Crippen LogP contribution is 2.10. The van der Waals surface area contributed by atoms with Crippen LogP contribution in [0, 0.1) is 0 Å². The van der Waals surface area contributed by atoms with E-state index in [-0.39, 0.29) is 0 Å². The minimum Gasteiger partial charge on any atom is -0.497 e. The van der Waals surface area contributed by atoms with Gasteiger partial charge in [-0.15, -0.1) is 0 Å². The number of benzene rings is 2. The van der Waals surface area contributed by atoms with Crippen molar-refractivity contribution in [2.45, 2.75) is 0 Å². The minimum absolute atomic E-state index is 0.467. The molecule has 0 radical (unpaired) electrons. The second-order valence-electron chi connectivity index (χ2n) is 3.75. The average molecular weight is 255 g/mol. The third-order valence-corrected chi connectivity index (χ3v) is 2.46. The predicted molar refractivity (Wildman–Crippen MR) is 72.4 cm³/mol. The third kappa shape index (κ3) is 3.67. The molecule has 0 aliphatic heterocycles. The van der Waals surface area contributed by atoms with E-state index in [0.717, 1.165) is 11.3 Å². The van der Waals surface area contributed by atoms with Gasteiger partial charge in [0.15, 0.2) is 0 Å². The number of carbonyl (C=O) groups excluding carboxylic acids is 1. The number of ether oxygens (including phenoxy) is 1. The Morgan fingerprint density at radius 3 is 2.37 bits per heavy atom. The summed E-state index contributed by atoms with van der Waals surface area (Å²) in [6.45, 7) is 0. The van der Waals surface area contributed by atoms with Crippen molar-refractivity contribution in [3.05, 3.63) is 65.7 Å². The van der Waals surface area contributed by atoms with Gasteiger partial charge in [0.25, 0.3) is 0 Å². The van der Waals surface area contributed by atoms with Gasteiger partial charge in [-0.2, -0.15) is 0 Å². The number of carbonyl (C=O) groups is 1. The fraction of sp³-hybridized carbons (Fsp3) is 0.0667. The van der Waals surface area contributed by atoms with Crippen LogP contribution in [0.2, 0.25) is 0 Å². The first-order valence-corrected chi connectivity index (χ1v) is 5.73. The van der Waals surface area contributed by atoms with Crippen LogP contribution < -0.4 is 4.74 Å². The van der Waals surface area contributed by atoms with Gasteiger partial charge in [-0.05, 0) is 42.0 Å². The Labute approximate surface area is 111 Å². The van der Waals surface area contributed by atoms with E-state index in [1.54, 1.807) is 43.5 Å². The first kappa shape index (κ1) is 12.8. The number of rotatable bonds is 4. The quantitative estimate of drug-likeness (QED) is 0.479. The largest absolute Gasteiger partial charge is 0.497 e. The number of methoxy groups -OCH3 is 1. The lowest BCUT2D eigenvalue weighted by Gasteiger charge is -1.99. The first-order valence-electron chi connectivity index (χ1n) is 5.73. The van der Waals surface area contributed by atoms with E-state index in [9.17, 15) is 4.79 Å². The van der Waals surface area contributed by atoms with Crippen LogP contribution in [0.25, 0.3) is 0 Å². The molecule has 0 aliphatic rings. The van der Waals surface area contributed by atoms with Crippen molar-refractivity contribution in [1.82, 2.24) is 0 Å². The number of nitrogens with zero attached hydrogens (tertiary/aromatic N) is 1. The average Bonchev–Trinajstić information content (AvgIpc) is 2.49. The van der Waals surface area contributed by atoms with Gasteiger partial charge < -0.3 is 9.57 Å². The zero-order valence-electron chi connectivity index (χ0n) is 10.4. The molecule has 2 rings (SSSR count). The Balaban J connectivity index is 1.94. The van der Waals surface area contributed by atoms with Crippen LogP contribution in [0.3, 0.4) is 0 Å². The summed E-state index contributed by atoms with van der Waals surface area (Å²) in [7, 11) is 1.60. The summed E-state index contributed by atoms with van der Waals surface area (Å²) in [4.78, 5) is 16.4. The molecule has 0 atom stereocenters. The molecule has 0 aromatic heterocycles. The number of hydrogen-bond donors (Lipinski definition) is 0. The zero-order chi connectivity index (χ0) is 13.5. The molecule has 0 aliphatic carbocycles. The maximum Gasteiger partial charge on any atom is 0.365 e. The summed E-state index contributed by atoms with van der Waals surface area (Å²) < 4.78 is 5.04. The van der Waals surface area contributed by atoms with Gasteiger partial charge in [-0.3, -0.25) is 0 Å². The van der Waals surface area contributed by atoms with Gasteiger partial charge in [0.2, 0.25) is 0 Å². The highest BCUT2D eigenvalue weighted by atomic mass is 16.7. The molecule has 0 amide bonds. The van der Waals surface area contributed by atoms with Gasteiger partial charge >= 0.3 is 5.97 Å². The standard InChI is InChI=1S/C15H13NO3/c1-18-14-9-7-12(8-10-14)11-16-19-15(17)13-5-3-2-4-6-13/h2-11H,1H3/b16-11+. The summed E-state index contributed by atoms with van der Waals surface area (Å²) in [5.41, 5.74) is 1.29. The van der Waals surface area contributed by atoms with E-state index < -0.39 is 5.97 Å². The maximum atomic E-state index is 11.6. The summed E-state index contributed by atoms with van der Waals surface area (Å²) in [6.07, 6.45) is 1.47. The van der Waals surface area contributed by atoms with Crippen LogP contribution in [0.4, 0.5) is 0 Å². The van der Waals surface area contributed by atoms with Crippen LogP contribution >= 0.6 is 0 Å². The molecule has 0 heterocycles. The van der Waals surface area contributed by atoms with Gasteiger partial charge in [0.1, 0.15) is 5.75 Å². The summed E-state index contributed by atoms with van der Waals surface area (Å²) >= 11 is 0. The third-order valence-electron chi connectivity index (χ3n) is 2.46. The van der Waals surface area contributed by atoms with E-state index in [4.69, 9.17) is 9.57 Å². The molecule has 4 heteroatoms. The van der Waals surface area contributed by atoms with Crippen molar-refractivity contribution in [3.8, 4) is 5.75 Å². The van der Waals surface area contributed by atoms with Crippen molar-refractivity contribution in [2.24, 2.45) is 5.16 Å². The molecule has 0 bridgehead atoms. The minimum atomic E-state index is -0.481. The molecule has 0 saturated heterocycles. The lowest BCUT2D eigenvalue weighted by atomic mass is 10.2. The maximum absolute atomic E-state index is 11.6. The smallest absolute Gasteiger partial charge is 0.365 e. The Morgan fingerprint density at radius 2 is 1.74 bits per heavy atom. The van der Waals surface area contributed by atoms with Crippen LogP contribution in [0.5, 0.6) is 5.75 Å². The van der Waals surface area contributed by atoms with Crippen LogP contribution in [-0.2, 0) is 4.84 Å². The van der Waals surface area contributed by atoms with Crippen molar-refractivity contribution in [3.63, 3.8) is 0 Å². The molecule has 0 N–H and O–H groups in total. The summed E-state index contributed by atoms with van der Waals surface area (Å²) in [5.74, 6) is 0.281. The van der Waals surface area contributed by atoms with Gasteiger partial charge in [0, 0.05) is 0 Å². The molecule has 19 heavy (non-hydrogen) atoms. The lowest BCUT2D eigenvalue weighted by molar-refractivity contribution is 0.0519. The van der Waals surface area contributed by atoms with Crippen molar-refractivity contribution >= 4 is 12.2 Å². The first-order chi connectivity index (χ1) is 9.29. The Bertz CT molecular complexity index is 562. The van der Waals surface area contributed by atoms with E-state index in [1.165, 1.54) is 6.21 Å². The van der Waals surface area contributed by atoms with Crippen LogP contribution in [0.1, 0.15) is 15.9 Å². The highest BCUT2D eigenvalue weighted by molar-refractivity contribution is 5.90. The molecule has 2 aromatic carbocycles. The zero-order valence-corrected chi connectivity index (χ0v) is 10.4. The Morgan fingerprint density at radius 1 is 1.05 bits per heavy atom. The molecule has 0 fully saturated rings.